The molecule has 0 aliphatic heterocycles. The molecule has 0 N–H and O–H groups in total. The summed E-state index contributed by atoms with van der Waals surface area (Å²) in [5, 5.41) is 0.750. The molecule has 0 heterocycles. The van der Waals surface area contributed by atoms with Gasteiger partial charge in [0.15, 0.2) is 0 Å². The van der Waals surface area contributed by atoms with Crippen molar-refractivity contribution in [2.75, 3.05) is 7.11 Å². The average molecular weight is 278 g/mol. The van der Waals surface area contributed by atoms with Crippen molar-refractivity contribution >= 4 is 27.5 Å². The van der Waals surface area contributed by atoms with Crippen molar-refractivity contribution in [3.63, 3.8) is 0 Å². The lowest BCUT2D eigenvalue weighted by Gasteiger charge is -2.16. The van der Waals surface area contributed by atoms with Gasteiger partial charge in [0.05, 0.1) is 7.11 Å². The van der Waals surface area contributed by atoms with Gasteiger partial charge in [-0.25, -0.2) is 0 Å². The van der Waals surface area contributed by atoms with Crippen molar-refractivity contribution in [1.82, 2.24) is 0 Å². The predicted molar refractivity (Wildman–Crippen MR) is 64.5 cm³/mol. The third-order valence-electron chi connectivity index (χ3n) is 2.09. The second-order valence-corrected chi connectivity index (χ2v) is 4.93. The van der Waals surface area contributed by atoms with Crippen LogP contribution in [-0.4, -0.2) is 7.11 Å². The van der Waals surface area contributed by atoms with Crippen LogP contribution in [0.5, 0.6) is 5.75 Å². The van der Waals surface area contributed by atoms with Crippen LogP contribution < -0.4 is 4.74 Å². The molecule has 0 aromatic heterocycles. The highest BCUT2D eigenvalue weighted by molar-refractivity contribution is 9.09. The Morgan fingerprint density at radius 1 is 1.36 bits per heavy atom. The van der Waals surface area contributed by atoms with Gasteiger partial charge in [-0.3, -0.25) is 0 Å². The van der Waals surface area contributed by atoms with Gasteiger partial charge in [-0.05, 0) is 23.6 Å². The maximum absolute atomic E-state index is 6.14. The third kappa shape index (κ3) is 2.64. The molecule has 1 unspecified atom stereocenters. The molecular weight excluding hydrogens is 263 g/mol. The molecule has 1 aromatic rings. The van der Waals surface area contributed by atoms with Crippen LogP contribution >= 0.6 is 27.5 Å². The quantitative estimate of drug-likeness (QED) is 0.742. The van der Waals surface area contributed by atoms with Gasteiger partial charge >= 0.3 is 0 Å². The predicted octanol–water partition coefficient (Wildman–Crippen LogP) is 4.44. The second-order valence-electron chi connectivity index (χ2n) is 3.53. The molecule has 1 atom stereocenters. The van der Waals surface area contributed by atoms with Gasteiger partial charge in [-0.2, -0.15) is 0 Å². The first-order valence-corrected chi connectivity index (χ1v) is 5.83. The van der Waals surface area contributed by atoms with E-state index in [-0.39, 0.29) is 0 Å². The van der Waals surface area contributed by atoms with Gasteiger partial charge in [-0.15, -0.1) is 0 Å². The van der Waals surface area contributed by atoms with E-state index >= 15 is 0 Å². The van der Waals surface area contributed by atoms with Crippen molar-refractivity contribution in [3.8, 4) is 5.75 Å². The zero-order valence-electron chi connectivity index (χ0n) is 8.55. The smallest absolute Gasteiger partial charge is 0.120 e. The average Bonchev–Trinajstić information content (AvgIpc) is 2.16. The summed E-state index contributed by atoms with van der Waals surface area (Å²) in [6.45, 7) is 4.31. The van der Waals surface area contributed by atoms with Gasteiger partial charge < -0.3 is 4.74 Å². The van der Waals surface area contributed by atoms with E-state index < -0.39 is 0 Å². The molecule has 0 saturated carbocycles. The van der Waals surface area contributed by atoms with Gasteiger partial charge in [0.25, 0.3) is 0 Å². The van der Waals surface area contributed by atoms with E-state index in [1.165, 1.54) is 0 Å². The molecule has 0 aliphatic carbocycles. The molecule has 0 radical (unpaired) electrons. The van der Waals surface area contributed by atoms with Crippen LogP contribution in [-0.2, 0) is 0 Å². The van der Waals surface area contributed by atoms with E-state index in [9.17, 15) is 0 Å². The van der Waals surface area contributed by atoms with Crippen LogP contribution in [0.2, 0.25) is 5.02 Å². The molecular formula is C11H14BrClO. The summed E-state index contributed by atoms with van der Waals surface area (Å²) < 4.78 is 5.09. The summed E-state index contributed by atoms with van der Waals surface area (Å²) in [7, 11) is 1.64. The first-order chi connectivity index (χ1) is 6.56. The molecule has 0 aliphatic rings. The third-order valence-corrected chi connectivity index (χ3v) is 3.97. The van der Waals surface area contributed by atoms with Crippen LogP contribution in [0, 0.1) is 5.92 Å². The fourth-order valence-corrected chi connectivity index (χ4v) is 2.04. The molecule has 0 saturated heterocycles. The van der Waals surface area contributed by atoms with E-state index in [0.29, 0.717) is 10.7 Å². The summed E-state index contributed by atoms with van der Waals surface area (Å²) >= 11 is 9.76. The Hall–Kier alpha value is -0.210. The van der Waals surface area contributed by atoms with E-state index in [1.54, 1.807) is 7.11 Å². The van der Waals surface area contributed by atoms with Crippen molar-refractivity contribution < 1.29 is 4.74 Å². The lowest BCUT2D eigenvalue weighted by Crippen LogP contribution is -1.99. The molecule has 0 fully saturated rings. The van der Waals surface area contributed by atoms with Crippen molar-refractivity contribution in [2.24, 2.45) is 5.92 Å². The number of alkyl halides is 1. The Morgan fingerprint density at radius 3 is 2.43 bits per heavy atom. The lowest BCUT2D eigenvalue weighted by molar-refractivity contribution is 0.414. The number of hydrogen-bond donors (Lipinski definition) is 0. The number of hydrogen-bond acceptors (Lipinski definition) is 1. The van der Waals surface area contributed by atoms with E-state index in [0.717, 1.165) is 16.3 Å². The second kappa shape index (κ2) is 5.04. The molecule has 1 rings (SSSR count). The van der Waals surface area contributed by atoms with Crippen LogP contribution in [0.15, 0.2) is 18.2 Å². The summed E-state index contributed by atoms with van der Waals surface area (Å²) in [5.74, 6) is 1.31. The van der Waals surface area contributed by atoms with E-state index in [1.807, 2.05) is 18.2 Å². The van der Waals surface area contributed by atoms with Crippen molar-refractivity contribution in [3.05, 3.63) is 28.8 Å². The highest BCUT2D eigenvalue weighted by Crippen LogP contribution is 2.36. The van der Waals surface area contributed by atoms with Gasteiger partial charge in [0.1, 0.15) is 5.75 Å². The minimum absolute atomic E-state index is 0.293. The van der Waals surface area contributed by atoms with Gasteiger partial charge in [0, 0.05) is 9.85 Å². The lowest BCUT2D eigenvalue weighted by atomic mass is 10.0. The molecule has 0 amide bonds. The Morgan fingerprint density at radius 2 is 2.00 bits per heavy atom. The summed E-state index contributed by atoms with van der Waals surface area (Å²) in [6, 6.07) is 5.77. The fourth-order valence-electron chi connectivity index (χ4n) is 1.22. The maximum Gasteiger partial charge on any atom is 0.120 e. The first-order valence-electron chi connectivity index (χ1n) is 4.53. The number of rotatable bonds is 3. The molecule has 78 valence electrons. The molecule has 3 heteroatoms. The van der Waals surface area contributed by atoms with Gasteiger partial charge in [0.2, 0.25) is 0 Å². The Labute approximate surface area is 98.5 Å². The van der Waals surface area contributed by atoms with Crippen LogP contribution in [0.25, 0.3) is 0 Å². The number of ether oxygens (including phenoxy) is 1. The molecule has 1 aromatic carbocycles. The Bertz CT molecular complexity index is 312. The van der Waals surface area contributed by atoms with Crippen LogP contribution in [0.4, 0.5) is 0 Å². The maximum atomic E-state index is 6.14. The first kappa shape index (κ1) is 11.9. The van der Waals surface area contributed by atoms with E-state index in [4.69, 9.17) is 16.3 Å². The fraction of sp³-hybridized carbons (Fsp3) is 0.455. The van der Waals surface area contributed by atoms with Crippen LogP contribution in [0.1, 0.15) is 24.2 Å². The highest BCUT2D eigenvalue weighted by atomic mass is 79.9. The van der Waals surface area contributed by atoms with Crippen molar-refractivity contribution in [2.45, 2.75) is 18.7 Å². The standard InChI is InChI=1S/C11H14BrClO/c1-7(2)11(12)9-5-4-8(14-3)6-10(9)13/h4-7,11H,1-3H3. The molecule has 14 heavy (non-hydrogen) atoms. The molecule has 0 spiro atoms. The number of benzene rings is 1. The number of methoxy groups -OCH3 is 1. The zero-order valence-corrected chi connectivity index (χ0v) is 10.9. The summed E-state index contributed by atoms with van der Waals surface area (Å²) in [5.41, 5.74) is 1.11. The zero-order chi connectivity index (χ0) is 10.7. The normalized spacial score (nSPS) is 13.0. The number of halogens is 2. The van der Waals surface area contributed by atoms with Gasteiger partial charge in [-0.1, -0.05) is 47.4 Å². The van der Waals surface area contributed by atoms with Crippen LogP contribution in [0.3, 0.4) is 0 Å². The monoisotopic (exact) mass is 276 g/mol. The van der Waals surface area contributed by atoms with Crippen molar-refractivity contribution in [1.29, 1.82) is 0 Å². The SMILES string of the molecule is COc1ccc(C(Br)C(C)C)c(Cl)c1. The van der Waals surface area contributed by atoms with E-state index in [2.05, 4.69) is 29.8 Å². The molecule has 1 nitrogen and oxygen atoms in total. The largest absolute Gasteiger partial charge is 0.497 e. The molecule has 0 bridgehead atoms. The minimum Gasteiger partial charge on any atom is -0.497 e. The Balaban J connectivity index is 2.99. The summed E-state index contributed by atoms with van der Waals surface area (Å²) in [6.07, 6.45) is 0. The minimum atomic E-state index is 0.293. The summed E-state index contributed by atoms with van der Waals surface area (Å²) in [4.78, 5) is 0.293. The topological polar surface area (TPSA) is 9.23 Å². The highest BCUT2D eigenvalue weighted by Gasteiger charge is 2.15. The Kier molecular flexibility index (Phi) is 4.27.